The fraction of sp³-hybridized carbons (Fsp3) is 0.188. The van der Waals surface area contributed by atoms with Gasteiger partial charge in [-0.25, -0.2) is 0 Å². The second-order valence-corrected chi connectivity index (χ2v) is 5.17. The van der Waals surface area contributed by atoms with Crippen LogP contribution in [0.4, 0.5) is 0 Å². The third kappa shape index (κ3) is 2.19. The highest BCUT2D eigenvalue weighted by molar-refractivity contribution is 9.09. The highest BCUT2D eigenvalue weighted by atomic mass is 79.9. The van der Waals surface area contributed by atoms with E-state index in [1.807, 2.05) is 12.1 Å². The number of halogens is 1. The van der Waals surface area contributed by atoms with Gasteiger partial charge in [0.1, 0.15) is 5.78 Å². The predicted molar refractivity (Wildman–Crippen MR) is 82.9 cm³/mol. The number of rotatable bonds is 4. The molecule has 1 aromatic heterocycles. The van der Waals surface area contributed by atoms with Crippen molar-refractivity contribution in [3.8, 4) is 0 Å². The molecule has 96 valence electrons. The van der Waals surface area contributed by atoms with Crippen LogP contribution in [0.5, 0.6) is 0 Å². The summed E-state index contributed by atoms with van der Waals surface area (Å²) in [4.78, 5) is 11.5. The number of nitrogens with zero attached hydrogens (tertiary/aromatic N) is 1. The Hall–Kier alpha value is -1.61. The number of carbonyl (C=O) groups is 1. The maximum absolute atomic E-state index is 11.5. The van der Waals surface area contributed by atoms with Gasteiger partial charge in [0.2, 0.25) is 0 Å². The molecular weight excluding hydrogens is 302 g/mol. The van der Waals surface area contributed by atoms with Crippen LogP contribution in [0.25, 0.3) is 21.8 Å². The van der Waals surface area contributed by atoms with Crippen LogP contribution in [0, 0.1) is 0 Å². The summed E-state index contributed by atoms with van der Waals surface area (Å²) >= 11 is 3.22. The van der Waals surface area contributed by atoms with E-state index in [1.54, 1.807) is 0 Å². The molecule has 1 heterocycles. The zero-order chi connectivity index (χ0) is 13.2. The van der Waals surface area contributed by atoms with Crippen molar-refractivity contribution in [1.29, 1.82) is 0 Å². The van der Waals surface area contributed by atoms with Crippen LogP contribution in [0.1, 0.15) is 6.42 Å². The van der Waals surface area contributed by atoms with Crippen molar-refractivity contribution in [3.63, 3.8) is 0 Å². The number of hydrogen-bond acceptors (Lipinski definition) is 1. The van der Waals surface area contributed by atoms with Gasteiger partial charge in [-0.2, -0.15) is 0 Å². The lowest BCUT2D eigenvalue weighted by Gasteiger charge is -2.06. The van der Waals surface area contributed by atoms with Gasteiger partial charge in [0.25, 0.3) is 0 Å². The smallest absolute Gasteiger partial charge is 0.145 e. The maximum atomic E-state index is 11.5. The molecule has 0 saturated heterocycles. The second kappa shape index (κ2) is 5.17. The van der Waals surface area contributed by atoms with Crippen molar-refractivity contribution in [2.45, 2.75) is 13.0 Å². The van der Waals surface area contributed by atoms with Crippen molar-refractivity contribution < 1.29 is 4.79 Å². The number of fused-ring (bicyclic) bond motifs is 3. The van der Waals surface area contributed by atoms with Gasteiger partial charge in [-0.15, -0.1) is 0 Å². The van der Waals surface area contributed by atoms with Crippen molar-refractivity contribution in [3.05, 3.63) is 48.5 Å². The average Bonchev–Trinajstić information content (AvgIpc) is 2.79. The Morgan fingerprint density at radius 3 is 2.00 bits per heavy atom. The van der Waals surface area contributed by atoms with Gasteiger partial charge in [-0.3, -0.25) is 4.79 Å². The lowest BCUT2D eigenvalue weighted by molar-refractivity contribution is -0.116. The molecule has 0 aliphatic carbocycles. The summed E-state index contributed by atoms with van der Waals surface area (Å²) in [5.41, 5.74) is 2.40. The number of Topliss-reactive ketones (excluding diaryl/α,β-unsaturated/α-hetero) is 1. The van der Waals surface area contributed by atoms with Gasteiger partial charge in [-0.05, 0) is 12.1 Å². The summed E-state index contributed by atoms with van der Waals surface area (Å²) in [7, 11) is 0. The SMILES string of the molecule is O=C(CBr)CCn1c2ccccc2c2ccccc21. The van der Waals surface area contributed by atoms with Crippen molar-refractivity contribution in [2.75, 3.05) is 5.33 Å². The lowest BCUT2D eigenvalue weighted by Crippen LogP contribution is -2.06. The van der Waals surface area contributed by atoms with E-state index >= 15 is 0 Å². The van der Waals surface area contributed by atoms with Gasteiger partial charge in [0, 0.05) is 34.8 Å². The topological polar surface area (TPSA) is 22.0 Å². The molecule has 0 amide bonds. The number of para-hydroxylation sites is 2. The Labute approximate surface area is 120 Å². The first kappa shape index (κ1) is 12.4. The van der Waals surface area contributed by atoms with E-state index in [0.29, 0.717) is 11.8 Å². The van der Waals surface area contributed by atoms with Gasteiger partial charge >= 0.3 is 0 Å². The summed E-state index contributed by atoms with van der Waals surface area (Å²) in [6.45, 7) is 0.735. The van der Waals surface area contributed by atoms with Crippen LogP contribution >= 0.6 is 15.9 Å². The van der Waals surface area contributed by atoms with Crippen LogP contribution in [-0.4, -0.2) is 15.7 Å². The van der Waals surface area contributed by atoms with E-state index in [0.717, 1.165) is 6.54 Å². The fourth-order valence-electron chi connectivity index (χ4n) is 2.55. The first-order valence-corrected chi connectivity index (χ1v) is 7.47. The Balaban J connectivity index is 2.16. The molecule has 0 bridgehead atoms. The minimum atomic E-state index is 0.238. The normalized spacial score (nSPS) is 11.2. The maximum Gasteiger partial charge on any atom is 0.145 e. The zero-order valence-corrected chi connectivity index (χ0v) is 12.1. The van der Waals surface area contributed by atoms with Crippen molar-refractivity contribution in [2.24, 2.45) is 0 Å². The van der Waals surface area contributed by atoms with E-state index in [4.69, 9.17) is 0 Å². The molecule has 0 N–H and O–H groups in total. The molecule has 3 heteroatoms. The summed E-state index contributed by atoms with van der Waals surface area (Å²) in [5.74, 6) is 0.238. The Bertz CT molecular complexity index is 691. The molecule has 19 heavy (non-hydrogen) atoms. The van der Waals surface area contributed by atoms with Gasteiger partial charge in [0.05, 0.1) is 5.33 Å². The van der Waals surface area contributed by atoms with Gasteiger partial charge in [-0.1, -0.05) is 52.3 Å². The van der Waals surface area contributed by atoms with E-state index in [1.165, 1.54) is 21.8 Å². The highest BCUT2D eigenvalue weighted by Gasteiger charge is 2.10. The molecule has 3 aromatic rings. The number of alkyl halides is 1. The number of benzene rings is 2. The molecule has 0 fully saturated rings. The number of aryl methyl sites for hydroxylation is 1. The van der Waals surface area contributed by atoms with Crippen LogP contribution in [0.3, 0.4) is 0 Å². The summed E-state index contributed by atoms with van der Waals surface area (Å²) < 4.78 is 2.24. The molecule has 0 spiro atoms. The molecule has 0 aliphatic rings. The summed E-state index contributed by atoms with van der Waals surface area (Å²) in [5, 5.41) is 2.94. The lowest BCUT2D eigenvalue weighted by atomic mass is 10.2. The number of aromatic nitrogens is 1. The molecule has 0 radical (unpaired) electrons. The third-order valence-corrected chi connectivity index (χ3v) is 4.07. The van der Waals surface area contributed by atoms with E-state index in [2.05, 4.69) is 56.9 Å². The molecule has 0 aliphatic heterocycles. The number of carbonyl (C=O) groups excluding carboxylic acids is 1. The van der Waals surface area contributed by atoms with Crippen LogP contribution in [0.2, 0.25) is 0 Å². The first-order chi connectivity index (χ1) is 9.31. The number of hydrogen-bond donors (Lipinski definition) is 0. The molecule has 0 saturated carbocycles. The Morgan fingerprint density at radius 2 is 1.47 bits per heavy atom. The van der Waals surface area contributed by atoms with E-state index < -0.39 is 0 Å². The van der Waals surface area contributed by atoms with E-state index in [-0.39, 0.29) is 5.78 Å². The minimum Gasteiger partial charge on any atom is -0.340 e. The standard InChI is InChI=1S/C16H14BrNO/c17-11-12(19)9-10-18-15-7-3-1-5-13(15)14-6-2-4-8-16(14)18/h1-8H,9-11H2. The molecule has 0 unspecified atom stereocenters. The monoisotopic (exact) mass is 315 g/mol. The number of ketones is 1. The van der Waals surface area contributed by atoms with Crippen LogP contribution in [-0.2, 0) is 11.3 Å². The fourth-order valence-corrected chi connectivity index (χ4v) is 2.83. The van der Waals surface area contributed by atoms with Crippen LogP contribution in [0.15, 0.2) is 48.5 Å². The first-order valence-electron chi connectivity index (χ1n) is 6.35. The van der Waals surface area contributed by atoms with Crippen molar-refractivity contribution in [1.82, 2.24) is 4.57 Å². The Kier molecular flexibility index (Phi) is 3.38. The zero-order valence-electron chi connectivity index (χ0n) is 10.5. The second-order valence-electron chi connectivity index (χ2n) is 4.61. The highest BCUT2D eigenvalue weighted by Crippen LogP contribution is 2.28. The molecule has 2 nitrogen and oxygen atoms in total. The summed E-state index contributed by atoms with van der Waals surface area (Å²) in [6.07, 6.45) is 0.563. The third-order valence-electron chi connectivity index (χ3n) is 3.44. The average molecular weight is 316 g/mol. The van der Waals surface area contributed by atoms with Crippen LogP contribution < -0.4 is 0 Å². The largest absolute Gasteiger partial charge is 0.340 e. The molecule has 2 aromatic carbocycles. The quantitative estimate of drug-likeness (QED) is 0.663. The predicted octanol–water partition coefficient (Wildman–Crippen LogP) is 4.15. The van der Waals surface area contributed by atoms with E-state index in [9.17, 15) is 4.79 Å². The minimum absolute atomic E-state index is 0.238. The molecule has 0 atom stereocenters. The van der Waals surface area contributed by atoms with Gasteiger partial charge in [0.15, 0.2) is 0 Å². The van der Waals surface area contributed by atoms with Crippen molar-refractivity contribution >= 4 is 43.5 Å². The Morgan fingerprint density at radius 1 is 0.947 bits per heavy atom. The molecule has 3 rings (SSSR count). The summed E-state index contributed by atoms with van der Waals surface area (Å²) in [6, 6.07) is 16.7. The molecular formula is C16H14BrNO. The van der Waals surface area contributed by atoms with Gasteiger partial charge < -0.3 is 4.57 Å².